The smallest absolute Gasteiger partial charge is 0.412 e. The Morgan fingerprint density at radius 2 is 1.61 bits per heavy atom. The molecule has 0 fully saturated rings. The summed E-state index contributed by atoms with van der Waals surface area (Å²) in [5, 5.41) is 3.99. The molecule has 0 saturated heterocycles. The molecule has 1 heterocycles. The molecule has 0 radical (unpaired) electrons. The minimum absolute atomic E-state index is 0.491. The van der Waals surface area contributed by atoms with Gasteiger partial charge in [-0.1, -0.05) is 42.5 Å². The first kappa shape index (κ1) is 20.5. The molecule has 0 atom stereocenters. The quantitative estimate of drug-likeness (QED) is 0.407. The third-order valence-electron chi connectivity index (χ3n) is 4.86. The molecule has 0 bridgehead atoms. The van der Waals surface area contributed by atoms with Crippen LogP contribution in [-0.4, -0.2) is 23.4 Å². The van der Waals surface area contributed by atoms with Gasteiger partial charge in [-0.3, -0.25) is 5.32 Å². The summed E-state index contributed by atoms with van der Waals surface area (Å²) in [6.45, 7) is 5.53. The number of rotatable bonds is 4. The summed E-state index contributed by atoms with van der Waals surface area (Å²) >= 11 is 0. The molecule has 1 N–H and O–H groups in total. The van der Waals surface area contributed by atoms with Crippen molar-refractivity contribution in [1.29, 1.82) is 0 Å². The zero-order chi connectivity index (χ0) is 22.0. The van der Waals surface area contributed by atoms with Gasteiger partial charge in [0.25, 0.3) is 0 Å². The second kappa shape index (κ2) is 8.19. The molecule has 0 unspecified atom stereocenters. The average molecular weight is 415 g/mol. The van der Waals surface area contributed by atoms with Crippen LogP contribution in [0.1, 0.15) is 20.8 Å². The number of amides is 1. The Morgan fingerprint density at radius 3 is 2.32 bits per heavy atom. The Hall–Kier alpha value is -3.73. The highest BCUT2D eigenvalue weighted by molar-refractivity contribution is 5.94. The molecule has 0 aliphatic heterocycles. The van der Waals surface area contributed by atoms with Crippen LogP contribution in [0.5, 0.6) is 5.75 Å². The van der Waals surface area contributed by atoms with Crippen molar-refractivity contribution in [2.75, 3.05) is 12.4 Å². The number of nitrogens with one attached hydrogen (secondary N) is 1. The molecule has 1 aromatic heterocycles. The van der Waals surface area contributed by atoms with Gasteiger partial charge in [0, 0.05) is 11.5 Å². The van der Waals surface area contributed by atoms with Crippen molar-refractivity contribution in [1.82, 2.24) is 4.57 Å². The fourth-order valence-corrected chi connectivity index (χ4v) is 3.58. The number of hydrogen-bond donors (Lipinski definition) is 1. The van der Waals surface area contributed by atoms with Gasteiger partial charge in [-0.2, -0.15) is 0 Å². The molecule has 3 aromatic carbocycles. The van der Waals surface area contributed by atoms with Crippen LogP contribution in [0.4, 0.5) is 10.5 Å². The Labute approximate surface area is 182 Å². The number of para-hydroxylation sites is 2. The Morgan fingerprint density at radius 1 is 0.903 bits per heavy atom. The van der Waals surface area contributed by atoms with Crippen molar-refractivity contribution in [2.24, 2.45) is 0 Å². The van der Waals surface area contributed by atoms with Crippen LogP contribution >= 0.6 is 0 Å². The first-order valence-corrected chi connectivity index (χ1v) is 10.2. The highest BCUT2D eigenvalue weighted by Crippen LogP contribution is 2.36. The minimum Gasteiger partial charge on any atom is -0.497 e. The van der Waals surface area contributed by atoms with Crippen LogP contribution in [0.2, 0.25) is 0 Å². The summed E-state index contributed by atoms with van der Waals surface area (Å²) in [4.78, 5) is 12.5. The lowest BCUT2D eigenvalue weighted by Gasteiger charge is -2.21. The predicted octanol–water partition coefficient (Wildman–Crippen LogP) is 6.65. The van der Waals surface area contributed by atoms with Crippen molar-refractivity contribution in [3.05, 3.63) is 78.9 Å². The van der Waals surface area contributed by atoms with Crippen LogP contribution < -0.4 is 10.1 Å². The van der Waals surface area contributed by atoms with Crippen LogP contribution in [0.3, 0.4) is 0 Å². The Kier molecular flexibility index (Phi) is 5.42. The fourth-order valence-electron chi connectivity index (χ4n) is 3.58. The highest BCUT2D eigenvalue weighted by Gasteiger charge is 2.20. The van der Waals surface area contributed by atoms with Gasteiger partial charge in [-0.15, -0.1) is 0 Å². The SMILES string of the molecule is COc1ccc2cc(-c3ccccc3)n(-c3ccccc3NC(=O)OC(C)(C)C)c2c1. The molecule has 4 rings (SSSR count). The zero-order valence-electron chi connectivity index (χ0n) is 18.2. The number of methoxy groups -OCH3 is 1. The van der Waals surface area contributed by atoms with Crippen molar-refractivity contribution < 1.29 is 14.3 Å². The zero-order valence-corrected chi connectivity index (χ0v) is 18.2. The number of carbonyl (C=O) groups is 1. The van der Waals surface area contributed by atoms with Crippen molar-refractivity contribution >= 4 is 22.7 Å². The number of ether oxygens (including phenoxy) is 2. The van der Waals surface area contributed by atoms with E-state index >= 15 is 0 Å². The van der Waals surface area contributed by atoms with E-state index in [1.54, 1.807) is 7.11 Å². The van der Waals surface area contributed by atoms with Crippen LogP contribution in [0.25, 0.3) is 27.8 Å². The van der Waals surface area contributed by atoms with Gasteiger partial charge < -0.3 is 14.0 Å². The number of aromatic nitrogens is 1. The molecule has 0 aliphatic carbocycles. The molecule has 0 aliphatic rings. The molecule has 4 aromatic rings. The van der Waals surface area contributed by atoms with Gasteiger partial charge in [-0.25, -0.2) is 4.79 Å². The maximum absolute atomic E-state index is 12.5. The maximum Gasteiger partial charge on any atom is 0.412 e. The second-order valence-corrected chi connectivity index (χ2v) is 8.30. The van der Waals surface area contributed by atoms with Crippen molar-refractivity contribution in [2.45, 2.75) is 26.4 Å². The van der Waals surface area contributed by atoms with Gasteiger partial charge >= 0.3 is 6.09 Å². The third kappa shape index (κ3) is 4.40. The van der Waals surface area contributed by atoms with E-state index in [1.807, 2.05) is 81.4 Å². The molecule has 0 saturated carbocycles. The van der Waals surface area contributed by atoms with E-state index in [9.17, 15) is 4.79 Å². The number of benzene rings is 3. The Bertz CT molecular complexity index is 1220. The largest absolute Gasteiger partial charge is 0.497 e. The van der Waals surface area contributed by atoms with E-state index in [4.69, 9.17) is 9.47 Å². The number of nitrogens with zero attached hydrogens (tertiary/aromatic N) is 1. The number of fused-ring (bicyclic) bond motifs is 1. The topological polar surface area (TPSA) is 52.5 Å². The standard InChI is InChI=1S/C26H26N2O3/c1-26(2,3)31-25(29)27-21-12-8-9-13-22(21)28-23(18-10-6-5-7-11-18)16-19-14-15-20(30-4)17-24(19)28/h5-17H,1-4H3,(H,27,29). The summed E-state index contributed by atoms with van der Waals surface area (Å²) in [5.41, 5.74) is 4.00. The predicted molar refractivity (Wildman–Crippen MR) is 125 cm³/mol. The normalized spacial score (nSPS) is 11.4. The monoisotopic (exact) mass is 414 g/mol. The van der Waals surface area contributed by atoms with Crippen molar-refractivity contribution in [3.8, 4) is 22.7 Å². The highest BCUT2D eigenvalue weighted by atomic mass is 16.6. The maximum atomic E-state index is 12.5. The number of anilines is 1. The van der Waals surface area contributed by atoms with Crippen LogP contribution in [0, 0.1) is 0 Å². The van der Waals surface area contributed by atoms with E-state index in [-0.39, 0.29) is 0 Å². The molecule has 5 nitrogen and oxygen atoms in total. The second-order valence-electron chi connectivity index (χ2n) is 8.30. The summed E-state index contributed by atoms with van der Waals surface area (Å²) in [5.74, 6) is 0.768. The molecular formula is C26H26N2O3. The summed E-state index contributed by atoms with van der Waals surface area (Å²) < 4.78 is 13.1. The van der Waals surface area contributed by atoms with Crippen molar-refractivity contribution in [3.63, 3.8) is 0 Å². The molecule has 158 valence electrons. The molecule has 1 amide bonds. The lowest BCUT2D eigenvalue weighted by atomic mass is 10.1. The first-order valence-electron chi connectivity index (χ1n) is 10.2. The first-order chi connectivity index (χ1) is 14.9. The van der Waals surface area contributed by atoms with E-state index < -0.39 is 11.7 Å². The van der Waals surface area contributed by atoms with E-state index in [1.165, 1.54) is 0 Å². The van der Waals surface area contributed by atoms with Gasteiger partial charge in [0.1, 0.15) is 11.4 Å². The minimum atomic E-state index is -0.582. The number of carbonyl (C=O) groups excluding carboxylic acids is 1. The Balaban J connectivity index is 1.90. The molecule has 31 heavy (non-hydrogen) atoms. The summed E-state index contributed by atoms with van der Waals surface area (Å²) in [6.07, 6.45) is -0.491. The lowest BCUT2D eigenvalue weighted by molar-refractivity contribution is 0.0636. The fraction of sp³-hybridized carbons (Fsp3) is 0.192. The molecular weight excluding hydrogens is 388 g/mol. The number of hydrogen-bond acceptors (Lipinski definition) is 3. The average Bonchev–Trinajstić information content (AvgIpc) is 3.12. The summed E-state index contributed by atoms with van der Waals surface area (Å²) in [6, 6.07) is 26.0. The van der Waals surface area contributed by atoms with Crippen LogP contribution in [0.15, 0.2) is 78.9 Å². The summed E-state index contributed by atoms with van der Waals surface area (Å²) in [7, 11) is 1.66. The van der Waals surface area contributed by atoms with Crippen LogP contribution in [-0.2, 0) is 4.74 Å². The van der Waals surface area contributed by atoms with E-state index in [0.717, 1.165) is 33.6 Å². The molecule has 5 heteroatoms. The lowest BCUT2D eigenvalue weighted by Crippen LogP contribution is -2.27. The van der Waals surface area contributed by atoms with Gasteiger partial charge in [0.15, 0.2) is 0 Å². The third-order valence-corrected chi connectivity index (χ3v) is 4.86. The van der Waals surface area contributed by atoms with Gasteiger partial charge in [0.05, 0.1) is 29.7 Å². The van der Waals surface area contributed by atoms with E-state index in [2.05, 4.69) is 28.1 Å². The van der Waals surface area contributed by atoms with Gasteiger partial charge in [-0.05, 0) is 56.7 Å². The van der Waals surface area contributed by atoms with Gasteiger partial charge in [0.2, 0.25) is 0 Å². The molecule has 0 spiro atoms. The van der Waals surface area contributed by atoms with E-state index in [0.29, 0.717) is 5.69 Å².